The van der Waals surface area contributed by atoms with Gasteiger partial charge in [0.1, 0.15) is 0 Å². The van der Waals surface area contributed by atoms with E-state index in [0.29, 0.717) is 5.82 Å². The second-order valence-corrected chi connectivity index (χ2v) is 3.23. The van der Waals surface area contributed by atoms with Crippen molar-refractivity contribution in [1.29, 1.82) is 0 Å². The van der Waals surface area contributed by atoms with E-state index < -0.39 is 0 Å². The Hall–Kier alpha value is -1.49. The molecule has 0 aliphatic carbocycles. The molecule has 2 heterocycles. The molecule has 74 valence electrons. The van der Waals surface area contributed by atoms with Gasteiger partial charge in [-0.3, -0.25) is 9.78 Å². The Kier molecular flexibility index (Phi) is 2.69. The molecule has 0 spiro atoms. The van der Waals surface area contributed by atoms with E-state index in [-0.39, 0.29) is 11.9 Å². The number of rotatable bonds is 2. The fraction of sp³-hybridized carbons (Fsp3) is 0.444. The molecule has 1 atom stereocenters. The highest BCUT2D eigenvalue weighted by atomic mass is 16.2. The van der Waals surface area contributed by atoms with Crippen molar-refractivity contribution in [3.05, 3.63) is 18.6 Å². The molecule has 1 aliphatic rings. The highest BCUT2D eigenvalue weighted by Gasteiger charge is 2.21. The third-order valence-corrected chi connectivity index (χ3v) is 2.19. The second-order valence-electron chi connectivity index (χ2n) is 3.23. The first kappa shape index (κ1) is 9.08. The number of carbonyl (C=O) groups excluding carboxylic acids is 1. The van der Waals surface area contributed by atoms with Gasteiger partial charge >= 0.3 is 0 Å². The Morgan fingerprint density at radius 1 is 1.57 bits per heavy atom. The maximum absolute atomic E-state index is 11.6. The molecule has 1 aromatic rings. The van der Waals surface area contributed by atoms with Crippen LogP contribution in [0.15, 0.2) is 18.6 Å². The van der Waals surface area contributed by atoms with Crippen molar-refractivity contribution in [3.63, 3.8) is 0 Å². The summed E-state index contributed by atoms with van der Waals surface area (Å²) in [5.41, 5.74) is 0. The van der Waals surface area contributed by atoms with Gasteiger partial charge in [0.15, 0.2) is 5.82 Å². The molecule has 0 aromatic carbocycles. The van der Waals surface area contributed by atoms with E-state index in [4.69, 9.17) is 0 Å². The predicted octanol–water partition coefficient (Wildman–Crippen LogP) is 0.167. The smallest absolute Gasteiger partial charge is 0.242 e. The van der Waals surface area contributed by atoms with Gasteiger partial charge in [-0.15, -0.1) is 0 Å². The zero-order chi connectivity index (χ0) is 9.80. The van der Waals surface area contributed by atoms with Crippen molar-refractivity contribution < 1.29 is 4.79 Å². The summed E-state index contributed by atoms with van der Waals surface area (Å²) in [6, 6.07) is -0.0722. The number of aromatic nitrogens is 2. The Labute approximate surface area is 82.0 Å². The highest BCUT2D eigenvalue weighted by Crippen LogP contribution is 2.07. The van der Waals surface area contributed by atoms with Crippen molar-refractivity contribution in [1.82, 2.24) is 15.3 Å². The van der Waals surface area contributed by atoms with Gasteiger partial charge in [0.25, 0.3) is 0 Å². The lowest BCUT2D eigenvalue weighted by Gasteiger charge is -2.09. The summed E-state index contributed by atoms with van der Waals surface area (Å²) in [4.78, 5) is 19.4. The molecule has 1 aromatic heterocycles. The largest absolute Gasteiger partial charge is 0.308 e. The van der Waals surface area contributed by atoms with Crippen LogP contribution in [0.25, 0.3) is 0 Å². The number of anilines is 1. The molecule has 1 unspecified atom stereocenters. The van der Waals surface area contributed by atoms with Crippen LogP contribution in [-0.4, -0.2) is 28.5 Å². The van der Waals surface area contributed by atoms with Gasteiger partial charge in [0.05, 0.1) is 12.2 Å². The zero-order valence-electron chi connectivity index (χ0n) is 7.73. The Morgan fingerprint density at radius 2 is 2.50 bits per heavy atom. The Balaban J connectivity index is 1.94. The number of hydrogen-bond acceptors (Lipinski definition) is 4. The summed E-state index contributed by atoms with van der Waals surface area (Å²) in [7, 11) is 0. The lowest BCUT2D eigenvalue weighted by Crippen LogP contribution is -2.35. The van der Waals surface area contributed by atoms with Crippen molar-refractivity contribution in [2.24, 2.45) is 0 Å². The second kappa shape index (κ2) is 4.15. The van der Waals surface area contributed by atoms with Gasteiger partial charge in [-0.25, -0.2) is 4.98 Å². The maximum atomic E-state index is 11.6. The quantitative estimate of drug-likeness (QED) is 0.700. The standard InChI is InChI=1S/C9H12N4O/c14-9(7-2-1-3-11-7)13-8-6-10-4-5-12-8/h4-7,11H,1-3H2,(H,12,13,14). The first-order valence-electron chi connectivity index (χ1n) is 4.66. The van der Waals surface area contributed by atoms with Crippen LogP contribution in [0.1, 0.15) is 12.8 Å². The monoisotopic (exact) mass is 192 g/mol. The van der Waals surface area contributed by atoms with E-state index >= 15 is 0 Å². The maximum Gasteiger partial charge on any atom is 0.242 e. The molecule has 5 heteroatoms. The number of nitrogens with one attached hydrogen (secondary N) is 2. The van der Waals surface area contributed by atoms with Crippen LogP contribution in [0.2, 0.25) is 0 Å². The fourth-order valence-electron chi connectivity index (χ4n) is 1.49. The highest BCUT2D eigenvalue weighted by molar-refractivity contribution is 5.94. The predicted molar refractivity (Wildman–Crippen MR) is 51.7 cm³/mol. The molecule has 2 rings (SSSR count). The average molecular weight is 192 g/mol. The van der Waals surface area contributed by atoms with Gasteiger partial charge in [-0.2, -0.15) is 0 Å². The number of amides is 1. The first-order chi connectivity index (χ1) is 6.86. The first-order valence-corrected chi connectivity index (χ1v) is 4.66. The molecular weight excluding hydrogens is 180 g/mol. The summed E-state index contributed by atoms with van der Waals surface area (Å²) < 4.78 is 0. The van der Waals surface area contributed by atoms with Gasteiger partial charge in [-0.05, 0) is 19.4 Å². The van der Waals surface area contributed by atoms with Crippen LogP contribution in [0.5, 0.6) is 0 Å². The molecule has 0 saturated carbocycles. The van der Waals surface area contributed by atoms with E-state index in [0.717, 1.165) is 19.4 Å². The minimum absolute atomic E-state index is 0.0250. The molecule has 1 amide bonds. The average Bonchev–Trinajstić information content (AvgIpc) is 2.72. The SMILES string of the molecule is O=C(Nc1cnccn1)C1CCCN1. The number of carbonyl (C=O) groups is 1. The van der Waals surface area contributed by atoms with Crippen LogP contribution in [0.4, 0.5) is 5.82 Å². The van der Waals surface area contributed by atoms with Gasteiger partial charge in [0.2, 0.25) is 5.91 Å². The topological polar surface area (TPSA) is 66.9 Å². The van der Waals surface area contributed by atoms with Crippen LogP contribution in [-0.2, 0) is 4.79 Å². The van der Waals surface area contributed by atoms with Crippen LogP contribution < -0.4 is 10.6 Å². The van der Waals surface area contributed by atoms with Gasteiger partial charge in [-0.1, -0.05) is 0 Å². The number of nitrogens with zero attached hydrogens (tertiary/aromatic N) is 2. The summed E-state index contributed by atoms with van der Waals surface area (Å²) in [6.07, 6.45) is 6.61. The molecule has 0 radical (unpaired) electrons. The van der Waals surface area contributed by atoms with E-state index in [1.54, 1.807) is 12.4 Å². The van der Waals surface area contributed by atoms with Crippen molar-refractivity contribution in [3.8, 4) is 0 Å². The normalized spacial score (nSPS) is 20.7. The Morgan fingerprint density at radius 3 is 3.14 bits per heavy atom. The zero-order valence-corrected chi connectivity index (χ0v) is 7.73. The molecule has 0 bridgehead atoms. The number of hydrogen-bond donors (Lipinski definition) is 2. The minimum Gasteiger partial charge on any atom is -0.308 e. The third kappa shape index (κ3) is 2.05. The summed E-state index contributed by atoms with van der Waals surface area (Å²) in [6.45, 7) is 0.915. The van der Waals surface area contributed by atoms with Crippen molar-refractivity contribution in [2.75, 3.05) is 11.9 Å². The molecule has 1 fully saturated rings. The van der Waals surface area contributed by atoms with E-state index in [9.17, 15) is 4.79 Å². The molecule has 1 saturated heterocycles. The fourth-order valence-corrected chi connectivity index (χ4v) is 1.49. The molecule has 2 N–H and O–H groups in total. The van der Waals surface area contributed by atoms with Gasteiger partial charge < -0.3 is 10.6 Å². The molecular formula is C9H12N4O. The summed E-state index contributed by atoms with van der Waals surface area (Å²) in [5.74, 6) is 0.481. The Bertz CT molecular complexity index is 308. The molecule has 14 heavy (non-hydrogen) atoms. The lowest BCUT2D eigenvalue weighted by atomic mass is 10.2. The van der Waals surface area contributed by atoms with E-state index in [2.05, 4.69) is 20.6 Å². The van der Waals surface area contributed by atoms with Crippen molar-refractivity contribution >= 4 is 11.7 Å². The van der Waals surface area contributed by atoms with Crippen LogP contribution in [0.3, 0.4) is 0 Å². The third-order valence-electron chi connectivity index (χ3n) is 2.19. The van der Waals surface area contributed by atoms with Gasteiger partial charge in [0, 0.05) is 12.4 Å². The molecule has 1 aliphatic heterocycles. The summed E-state index contributed by atoms with van der Waals surface area (Å²) >= 11 is 0. The molecule has 5 nitrogen and oxygen atoms in total. The minimum atomic E-state index is -0.0722. The summed E-state index contributed by atoms with van der Waals surface area (Å²) in [5, 5.41) is 5.83. The van der Waals surface area contributed by atoms with Crippen LogP contribution in [0, 0.1) is 0 Å². The van der Waals surface area contributed by atoms with Crippen LogP contribution >= 0.6 is 0 Å². The van der Waals surface area contributed by atoms with E-state index in [1.807, 2.05) is 0 Å². The lowest BCUT2D eigenvalue weighted by molar-refractivity contribution is -0.117. The van der Waals surface area contributed by atoms with Crippen molar-refractivity contribution in [2.45, 2.75) is 18.9 Å². The van der Waals surface area contributed by atoms with E-state index in [1.165, 1.54) is 6.20 Å².